The highest BCUT2D eigenvalue weighted by Crippen LogP contribution is 2.22. The van der Waals surface area contributed by atoms with Crippen molar-refractivity contribution in [3.05, 3.63) is 39.8 Å². The molecule has 106 valence electrons. The molecule has 0 spiro atoms. The van der Waals surface area contributed by atoms with Crippen LogP contribution in [0.3, 0.4) is 0 Å². The maximum absolute atomic E-state index is 12.1. The van der Waals surface area contributed by atoms with Gasteiger partial charge in [0.15, 0.2) is 0 Å². The number of aryl methyl sites for hydroxylation is 1. The monoisotopic (exact) mass is 291 g/mol. The number of hydrogen-bond acceptors (Lipinski definition) is 5. The molecule has 0 unspecified atom stereocenters. The third-order valence-electron chi connectivity index (χ3n) is 2.72. The second-order valence-corrected chi connectivity index (χ2v) is 5.14. The number of carbonyl (C=O) groups is 1. The predicted octanol–water partition coefficient (Wildman–Crippen LogP) is 2.56. The Morgan fingerprint density at radius 2 is 2.30 bits per heavy atom. The molecular weight excluding hydrogens is 274 g/mol. The molecule has 1 heterocycles. The molecule has 6 heteroatoms. The molecule has 5 nitrogen and oxygen atoms in total. The van der Waals surface area contributed by atoms with Crippen LogP contribution in [0.15, 0.2) is 23.6 Å². The first kappa shape index (κ1) is 14.5. The zero-order chi connectivity index (χ0) is 14.5. The van der Waals surface area contributed by atoms with Crippen LogP contribution in [0.2, 0.25) is 0 Å². The molecule has 1 aromatic carbocycles. The highest BCUT2D eigenvalue weighted by molar-refractivity contribution is 7.09. The zero-order valence-electron chi connectivity index (χ0n) is 11.5. The normalized spacial score (nSPS) is 10.3. The SMILES string of the molecule is CCOc1ccc(NC(=O)c2csc(CN)n2)c(C)c1. The Balaban J connectivity index is 2.11. The average molecular weight is 291 g/mol. The minimum Gasteiger partial charge on any atom is -0.494 e. The quantitative estimate of drug-likeness (QED) is 0.887. The van der Waals surface area contributed by atoms with Crippen LogP contribution in [0.25, 0.3) is 0 Å². The van der Waals surface area contributed by atoms with Crippen LogP contribution >= 0.6 is 11.3 Å². The van der Waals surface area contributed by atoms with E-state index in [4.69, 9.17) is 10.5 Å². The summed E-state index contributed by atoms with van der Waals surface area (Å²) in [5.74, 6) is 0.565. The number of rotatable bonds is 5. The van der Waals surface area contributed by atoms with Gasteiger partial charge < -0.3 is 15.8 Å². The maximum Gasteiger partial charge on any atom is 0.275 e. The Hall–Kier alpha value is -1.92. The molecule has 0 aliphatic rings. The third kappa shape index (κ3) is 3.34. The molecule has 0 atom stereocenters. The van der Waals surface area contributed by atoms with Crippen molar-refractivity contribution in [1.29, 1.82) is 0 Å². The van der Waals surface area contributed by atoms with Crippen LogP contribution in [0, 0.1) is 6.92 Å². The molecule has 0 saturated carbocycles. The van der Waals surface area contributed by atoms with Gasteiger partial charge >= 0.3 is 0 Å². The average Bonchev–Trinajstić information content (AvgIpc) is 2.91. The van der Waals surface area contributed by atoms with Crippen LogP contribution in [-0.2, 0) is 6.54 Å². The molecule has 0 saturated heterocycles. The fourth-order valence-corrected chi connectivity index (χ4v) is 2.38. The van der Waals surface area contributed by atoms with Gasteiger partial charge in [0.05, 0.1) is 6.61 Å². The number of carbonyl (C=O) groups excluding carboxylic acids is 1. The first-order chi connectivity index (χ1) is 9.63. The van der Waals surface area contributed by atoms with Gasteiger partial charge in [-0.05, 0) is 37.6 Å². The number of anilines is 1. The van der Waals surface area contributed by atoms with E-state index < -0.39 is 0 Å². The second kappa shape index (κ2) is 6.49. The molecule has 0 aliphatic carbocycles. The summed E-state index contributed by atoms with van der Waals surface area (Å²) in [5, 5.41) is 5.30. The number of nitrogens with zero attached hydrogens (tertiary/aromatic N) is 1. The predicted molar refractivity (Wildman–Crippen MR) is 80.3 cm³/mol. The molecule has 0 radical (unpaired) electrons. The first-order valence-electron chi connectivity index (χ1n) is 6.33. The van der Waals surface area contributed by atoms with E-state index in [0.717, 1.165) is 22.0 Å². The molecule has 0 fully saturated rings. The molecule has 2 aromatic rings. The lowest BCUT2D eigenvalue weighted by atomic mass is 10.2. The maximum atomic E-state index is 12.1. The fourth-order valence-electron chi connectivity index (χ4n) is 1.73. The topological polar surface area (TPSA) is 77.2 Å². The number of aromatic nitrogens is 1. The molecule has 2 rings (SSSR count). The van der Waals surface area contributed by atoms with E-state index in [2.05, 4.69) is 10.3 Å². The highest BCUT2D eigenvalue weighted by Gasteiger charge is 2.11. The van der Waals surface area contributed by atoms with Crippen molar-refractivity contribution < 1.29 is 9.53 Å². The van der Waals surface area contributed by atoms with Crippen LogP contribution in [0.1, 0.15) is 28.0 Å². The number of thiazole rings is 1. The summed E-state index contributed by atoms with van der Waals surface area (Å²) in [6.07, 6.45) is 0. The van der Waals surface area contributed by atoms with Crippen LogP contribution in [0.4, 0.5) is 5.69 Å². The van der Waals surface area contributed by atoms with Crippen LogP contribution < -0.4 is 15.8 Å². The van der Waals surface area contributed by atoms with Gasteiger partial charge in [-0.3, -0.25) is 4.79 Å². The van der Waals surface area contributed by atoms with Crippen molar-refractivity contribution in [3.63, 3.8) is 0 Å². The van der Waals surface area contributed by atoms with E-state index in [-0.39, 0.29) is 5.91 Å². The Kier molecular flexibility index (Phi) is 4.70. The Bertz CT molecular complexity index is 610. The van der Waals surface area contributed by atoms with E-state index >= 15 is 0 Å². The van der Waals surface area contributed by atoms with E-state index in [0.29, 0.717) is 18.8 Å². The molecule has 1 amide bonds. The van der Waals surface area contributed by atoms with Crippen molar-refractivity contribution in [1.82, 2.24) is 4.98 Å². The fraction of sp³-hybridized carbons (Fsp3) is 0.286. The number of ether oxygens (including phenoxy) is 1. The van der Waals surface area contributed by atoms with Crippen LogP contribution in [0.5, 0.6) is 5.75 Å². The van der Waals surface area contributed by atoms with Crippen molar-refractivity contribution >= 4 is 22.9 Å². The summed E-state index contributed by atoms with van der Waals surface area (Å²) in [4.78, 5) is 16.2. The minimum absolute atomic E-state index is 0.229. The van der Waals surface area contributed by atoms with Crippen molar-refractivity contribution in [2.75, 3.05) is 11.9 Å². The van der Waals surface area contributed by atoms with Gasteiger partial charge in [0.25, 0.3) is 5.91 Å². The van der Waals surface area contributed by atoms with Gasteiger partial charge in [0.2, 0.25) is 0 Å². The lowest BCUT2D eigenvalue weighted by molar-refractivity contribution is 0.102. The minimum atomic E-state index is -0.229. The van der Waals surface area contributed by atoms with E-state index in [1.807, 2.05) is 32.0 Å². The Labute approximate surface area is 121 Å². The summed E-state index contributed by atoms with van der Waals surface area (Å²) in [5.41, 5.74) is 7.57. The zero-order valence-corrected chi connectivity index (χ0v) is 12.3. The number of hydrogen-bond donors (Lipinski definition) is 2. The van der Waals surface area contributed by atoms with E-state index in [1.165, 1.54) is 11.3 Å². The second-order valence-electron chi connectivity index (χ2n) is 4.19. The largest absolute Gasteiger partial charge is 0.494 e. The number of benzene rings is 1. The van der Waals surface area contributed by atoms with Crippen molar-refractivity contribution in [3.8, 4) is 5.75 Å². The standard InChI is InChI=1S/C14H17N3O2S/c1-3-19-10-4-5-11(9(2)6-10)17-14(18)12-8-20-13(7-15)16-12/h4-6,8H,3,7,15H2,1-2H3,(H,17,18). The number of amides is 1. The summed E-state index contributed by atoms with van der Waals surface area (Å²) in [6, 6.07) is 5.55. The van der Waals surface area contributed by atoms with E-state index in [1.54, 1.807) is 5.38 Å². The molecule has 0 bridgehead atoms. The number of nitrogens with two attached hydrogens (primary N) is 1. The van der Waals surface area contributed by atoms with Gasteiger partial charge in [-0.15, -0.1) is 11.3 Å². The summed E-state index contributed by atoms with van der Waals surface area (Å²) in [6.45, 7) is 4.82. The Morgan fingerprint density at radius 1 is 1.50 bits per heavy atom. The highest BCUT2D eigenvalue weighted by atomic mass is 32.1. The van der Waals surface area contributed by atoms with Crippen LogP contribution in [-0.4, -0.2) is 17.5 Å². The number of nitrogens with one attached hydrogen (secondary N) is 1. The van der Waals surface area contributed by atoms with Gasteiger partial charge in [0.1, 0.15) is 16.5 Å². The van der Waals surface area contributed by atoms with E-state index in [9.17, 15) is 4.79 Å². The lowest BCUT2D eigenvalue weighted by Crippen LogP contribution is -2.13. The van der Waals surface area contributed by atoms with Crippen molar-refractivity contribution in [2.24, 2.45) is 5.73 Å². The third-order valence-corrected chi connectivity index (χ3v) is 3.59. The van der Waals surface area contributed by atoms with Gasteiger partial charge in [-0.25, -0.2) is 4.98 Å². The van der Waals surface area contributed by atoms with Crippen molar-refractivity contribution in [2.45, 2.75) is 20.4 Å². The molecule has 1 aromatic heterocycles. The van der Waals surface area contributed by atoms with Gasteiger partial charge in [-0.1, -0.05) is 0 Å². The summed E-state index contributed by atoms with van der Waals surface area (Å²) < 4.78 is 5.41. The molecule has 3 N–H and O–H groups in total. The lowest BCUT2D eigenvalue weighted by Gasteiger charge is -2.09. The Morgan fingerprint density at radius 3 is 2.90 bits per heavy atom. The van der Waals surface area contributed by atoms with Gasteiger partial charge in [-0.2, -0.15) is 0 Å². The summed E-state index contributed by atoms with van der Waals surface area (Å²) >= 11 is 1.38. The summed E-state index contributed by atoms with van der Waals surface area (Å²) in [7, 11) is 0. The smallest absolute Gasteiger partial charge is 0.275 e. The molecule has 0 aliphatic heterocycles. The molecular formula is C14H17N3O2S. The molecule has 20 heavy (non-hydrogen) atoms. The first-order valence-corrected chi connectivity index (χ1v) is 7.21. The van der Waals surface area contributed by atoms with Gasteiger partial charge in [0, 0.05) is 17.6 Å².